The van der Waals surface area contributed by atoms with E-state index in [1.807, 2.05) is 12.1 Å². The first kappa shape index (κ1) is 17.8. The summed E-state index contributed by atoms with van der Waals surface area (Å²) in [5, 5.41) is 0. The number of hydrogen-bond donors (Lipinski definition) is 2. The molecule has 3 rings (SSSR count). The first-order valence-electron chi connectivity index (χ1n) is 8.82. The lowest BCUT2D eigenvalue weighted by atomic mass is 9.58. The highest BCUT2D eigenvalue weighted by molar-refractivity contribution is 5.81. The van der Waals surface area contributed by atoms with Crippen molar-refractivity contribution in [2.75, 3.05) is 0 Å². The Morgan fingerprint density at radius 2 is 2.16 bits per heavy atom. The van der Waals surface area contributed by atoms with Gasteiger partial charge in [-0.25, -0.2) is 4.98 Å². The normalized spacial score (nSPS) is 26.4. The van der Waals surface area contributed by atoms with E-state index in [9.17, 15) is 13.2 Å². The van der Waals surface area contributed by atoms with Crippen LogP contribution in [0.15, 0.2) is 30.0 Å². The van der Waals surface area contributed by atoms with Gasteiger partial charge in [0.25, 0.3) is 0 Å². The van der Waals surface area contributed by atoms with Gasteiger partial charge in [0.2, 0.25) is 5.82 Å². The number of halogens is 3. The Morgan fingerprint density at radius 3 is 2.80 bits per heavy atom. The number of para-hydroxylation sites is 1. The molecule has 2 aromatic rings. The minimum atomic E-state index is -4.49. The summed E-state index contributed by atoms with van der Waals surface area (Å²) in [6, 6.07) is 5.38. The first-order valence-corrected chi connectivity index (χ1v) is 8.82. The molecule has 2 unspecified atom stereocenters. The van der Waals surface area contributed by atoms with E-state index >= 15 is 0 Å². The van der Waals surface area contributed by atoms with E-state index in [4.69, 9.17) is 5.73 Å². The number of nitrogens with one attached hydrogen (secondary N) is 1. The third-order valence-electron chi connectivity index (χ3n) is 5.60. The Labute approximate surface area is 145 Å². The van der Waals surface area contributed by atoms with Gasteiger partial charge in [-0.1, -0.05) is 32.4 Å². The predicted octanol–water partition coefficient (Wildman–Crippen LogP) is 5.28. The molecular weight excluding hydrogens is 327 g/mol. The number of alkyl halides is 3. The number of H-pyrrole nitrogens is 1. The van der Waals surface area contributed by atoms with Gasteiger partial charge in [-0.15, -0.1) is 0 Å². The lowest BCUT2D eigenvalue weighted by Crippen LogP contribution is -2.39. The molecular formula is C19H24F3N3. The summed E-state index contributed by atoms with van der Waals surface area (Å²) >= 11 is 0. The molecule has 0 saturated heterocycles. The Hall–Kier alpha value is -1.98. The third-order valence-corrected chi connectivity index (χ3v) is 5.60. The smallest absolute Gasteiger partial charge is 0.405 e. The van der Waals surface area contributed by atoms with Gasteiger partial charge in [0, 0.05) is 5.41 Å². The van der Waals surface area contributed by atoms with Crippen LogP contribution in [0.4, 0.5) is 13.2 Å². The van der Waals surface area contributed by atoms with E-state index in [1.54, 1.807) is 12.3 Å². The topological polar surface area (TPSA) is 54.7 Å². The van der Waals surface area contributed by atoms with Gasteiger partial charge in [0.1, 0.15) is 0 Å². The number of hydrogen-bond acceptors (Lipinski definition) is 2. The van der Waals surface area contributed by atoms with E-state index in [0.29, 0.717) is 17.0 Å². The molecule has 1 heterocycles. The van der Waals surface area contributed by atoms with Crippen LogP contribution in [0.1, 0.15) is 57.3 Å². The van der Waals surface area contributed by atoms with E-state index in [0.717, 1.165) is 43.2 Å². The van der Waals surface area contributed by atoms with Crippen LogP contribution >= 0.6 is 0 Å². The molecule has 0 radical (unpaired) electrons. The average Bonchev–Trinajstić information content (AvgIpc) is 3.01. The second-order valence-electron chi connectivity index (χ2n) is 6.99. The fourth-order valence-corrected chi connectivity index (χ4v) is 4.52. The highest BCUT2D eigenvalue weighted by atomic mass is 19.4. The Morgan fingerprint density at radius 1 is 1.40 bits per heavy atom. The summed E-state index contributed by atoms with van der Waals surface area (Å²) in [5.74, 6) is -0.643. The van der Waals surface area contributed by atoms with Crippen molar-refractivity contribution in [3.63, 3.8) is 0 Å². The van der Waals surface area contributed by atoms with Crippen LogP contribution in [0.5, 0.6) is 0 Å². The second kappa shape index (κ2) is 6.39. The molecule has 3 nitrogen and oxygen atoms in total. The van der Waals surface area contributed by atoms with Crippen molar-refractivity contribution in [2.24, 2.45) is 11.7 Å². The Bertz CT molecular complexity index is 791. The number of benzene rings is 1. The summed E-state index contributed by atoms with van der Waals surface area (Å²) in [6.45, 7) is 4.28. The van der Waals surface area contributed by atoms with Crippen LogP contribution in [0.2, 0.25) is 0 Å². The van der Waals surface area contributed by atoms with E-state index in [2.05, 4.69) is 23.8 Å². The lowest BCUT2D eigenvalue weighted by molar-refractivity contribution is -0.144. The molecule has 1 aromatic heterocycles. The lowest BCUT2D eigenvalue weighted by Gasteiger charge is -2.45. The fraction of sp³-hybridized carbons (Fsp3) is 0.526. The first-order chi connectivity index (χ1) is 11.8. The van der Waals surface area contributed by atoms with Crippen molar-refractivity contribution >= 4 is 11.0 Å². The standard InChI is InChI=1S/C19H24F3N3/c1-3-10-18(12(2)6-4-7-13(18)11-23)14-8-5-9-15-16(14)25-17(24-15)19(20,21)22/h5,8-9,11-12H,3-4,6-7,10,23H2,1-2H3,(H,24,25)/b13-11+. The van der Waals surface area contributed by atoms with Crippen molar-refractivity contribution in [3.05, 3.63) is 41.4 Å². The maximum absolute atomic E-state index is 13.1. The second-order valence-corrected chi connectivity index (χ2v) is 6.99. The minimum absolute atomic E-state index is 0.299. The molecule has 1 aromatic carbocycles. The van der Waals surface area contributed by atoms with Crippen LogP contribution in [0.25, 0.3) is 11.0 Å². The molecule has 0 bridgehead atoms. The molecule has 6 heteroatoms. The summed E-state index contributed by atoms with van der Waals surface area (Å²) in [5.41, 5.74) is 8.43. The minimum Gasteiger partial charge on any atom is -0.405 e. The quantitative estimate of drug-likeness (QED) is 0.790. The highest BCUT2D eigenvalue weighted by Gasteiger charge is 2.44. The molecule has 1 saturated carbocycles. The van der Waals surface area contributed by atoms with E-state index < -0.39 is 12.0 Å². The number of aromatic amines is 1. The largest absolute Gasteiger partial charge is 0.449 e. The van der Waals surface area contributed by atoms with Crippen LogP contribution in [-0.4, -0.2) is 9.97 Å². The van der Waals surface area contributed by atoms with Crippen LogP contribution < -0.4 is 5.73 Å². The maximum Gasteiger partial charge on any atom is 0.449 e. The Balaban J connectivity index is 2.28. The van der Waals surface area contributed by atoms with Crippen molar-refractivity contribution in [1.29, 1.82) is 0 Å². The van der Waals surface area contributed by atoms with Crippen LogP contribution in [0, 0.1) is 5.92 Å². The van der Waals surface area contributed by atoms with Crippen molar-refractivity contribution in [3.8, 4) is 0 Å². The van der Waals surface area contributed by atoms with Crippen molar-refractivity contribution in [1.82, 2.24) is 9.97 Å². The molecule has 0 spiro atoms. The van der Waals surface area contributed by atoms with Crippen LogP contribution in [-0.2, 0) is 11.6 Å². The Kier molecular flexibility index (Phi) is 4.56. The number of allylic oxidation sites excluding steroid dienone is 1. The molecule has 3 N–H and O–H groups in total. The molecule has 1 aliphatic carbocycles. The third kappa shape index (κ3) is 2.81. The number of nitrogens with zero attached hydrogens (tertiary/aromatic N) is 1. The monoisotopic (exact) mass is 351 g/mol. The molecule has 1 fully saturated rings. The predicted molar refractivity (Wildman–Crippen MR) is 93.0 cm³/mol. The molecule has 1 aliphatic rings. The molecule has 0 amide bonds. The SMILES string of the molecule is CCCC1(c2cccc3[nH]c(C(F)(F)F)nc23)/C(=C/N)CCCC1C. The maximum atomic E-state index is 13.1. The average molecular weight is 351 g/mol. The number of rotatable bonds is 3. The molecule has 25 heavy (non-hydrogen) atoms. The van der Waals surface area contributed by atoms with Gasteiger partial charge in [-0.05, 0) is 55.0 Å². The van der Waals surface area contributed by atoms with Gasteiger partial charge in [0.15, 0.2) is 0 Å². The number of imidazole rings is 1. The fourth-order valence-electron chi connectivity index (χ4n) is 4.52. The van der Waals surface area contributed by atoms with Crippen LogP contribution in [0.3, 0.4) is 0 Å². The zero-order chi connectivity index (χ0) is 18.2. The molecule has 2 atom stereocenters. The zero-order valence-electron chi connectivity index (χ0n) is 14.6. The van der Waals surface area contributed by atoms with E-state index in [-0.39, 0.29) is 5.41 Å². The highest BCUT2D eigenvalue weighted by Crippen LogP contribution is 2.51. The zero-order valence-corrected chi connectivity index (χ0v) is 14.6. The summed E-state index contributed by atoms with van der Waals surface area (Å²) in [6.07, 6.45) is 1.93. The van der Waals surface area contributed by atoms with Gasteiger partial charge >= 0.3 is 6.18 Å². The van der Waals surface area contributed by atoms with Gasteiger partial charge in [-0.3, -0.25) is 0 Å². The molecule has 136 valence electrons. The van der Waals surface area contributed by atoms with Gasteiger partial charge in [0.05, 0.1) is 11.0 Å². The summed E-state index contributed by atoms with van der Waals surface area (Å²) in [4.78, 5) is 6.38. The molecule has 0 aliphatic heterocycles. The summed E-state index contributed by atoms with van der Waals surface area (Å²) < 4.78 is 39.4. The van der Waals surface area contributed by atoms with Gasteiger partial charge in [-0.2, -0.15) is 13.2 Å². The van der Waals surface area contributed by atoms with Crippen molar-refractivity contribution in [2.45, 2.75) is 57.5 Å². The summed E-state index contributed by atoms with van der Waals surface area (Å²) in [7, 11) is 0. The number of nitrogens with two attached hydrogens (primary N) is 1. The number of fused-ring (bicyclic) bond motifs is 1. The van der Waals surface area contributed by atoms with Gasteiger partial charge < -0.3 is 10.7 Å². The van der Waals surface area contributed by atoms with E-state index in [1.165, 1.54) is 0 Å². The van der Waals surface area contributed by atoms with Crippen molar-refractivity contribution < 1.29 is 13.2 Å². The number of aromatic nitrogens is 2.